The summed E-state index contributed by atoms with van der Waals surface area (Å²) in [5.41, 5.74) is 0. The zero-order valence-electron chi connectivity index (χ0n) is 5.15. The van der Waals surface area contributed by atoms with Gasteiger partial charge in [0.25, 0.3) is 0 Å². The number of imidazole rings is 1. The Bertz CT molecular complexity index is 141. The van der Waals surface area contributed by atoms with E-state index < -0.39 is 0 Å². The fourth-order valence-electron chi connectivity index (χ4n) is 0.472. The fraction of sp³-hybridized carbons (Fsp3) is 0.400. The van der Waals surface area contributed by atoms with Gasteiger partial charge in [-0.2, -0.15) is 4.73 Å². The molecule has 1 rings (SSSR count). The maximum absolute atomic E-state index is 5.00. The molecule has 1 aromatic rings. The average molecular weight is 240 g/mol. The van der Waals surface area contributed by atoms with Crippen molar-refractivity contribution in [1.82, 2.24) is 9.71 Å². The molecule has 0 aliphatic heterocycles. The first-order valence-corrected chi connectivity index (χ1v) is 2.54. The first-order valence-electron chi connectivity index (χ1n) is 2.54. The summed E-state index contributed by atoms with van der Waals surface area (Å²) in [5.74, 6) is 0. The molecule has 1 aromatic heterocycles. The summed E-state index contributed by atoms with van der Waals surface area (Å²) in [6, 6.07) is 0. The molecule has 0 saturated carbocycles. The minimum absolute atomic E-state index is 0. The molecule has 0 N–H and O–H groups in total. The van der Waals surface area contributed by atoms with E-state index in [1.807, 2.05) is 6.92 Å². The predicted octanol–water partition coefficient (Wildman–Crippen LogP) is 0.950. The van der Waals surface area contributed by atoms with Gasteiger partial charge >= 0.3 is 0 Å². The van der Waals surface area contributed by atoms with Crippen molar-refractivity contribution in [3.63, 3.8) is 0 Å². The van der Waals surface area contributed by atoms with Crippen LogP contribution in [0.3, 0.4) is 0 Å². The van der Waals surface area contributed by atoms with E-state index >= 15 is 0 Å². The Morgan fingerprint density at radius 1 is 1.67 bits per heavy atom. The standard InChI is InChI=1S/C5H8N2O.HI/c1-2-8-7-4-3-6-5-7;/h3-5H,2H2,1H3;1H. The molecule has 0 spiro atoms. The molecule has 0 amide bonds. The summed E-state index contributed by atoms with van der Waals surface area (Å²) < 4.78 is 1.57. The van der Waals surface area contributed by atoms with Crippen molar-refractivity contribution < 1.29 is 4.84 Å². The second kappa shape index (κ2) is 4.60. The summed E-state index contributed by atoms with van der Waals surface area (Å²) >= 11 is 0. The van der Waals surface area contributed by atoms with Crippen molar-refractivity contribution >= 4 is 24.0 Å². The second-order valence-electron chi connectivity index (χ2n) is 1.34. The van der Waals surface area contributed by atoms with Crippen molar-refractivity contribution in [2.45, 2.75) is 6.92 Å². The van der Waals surface area contributed by atoms with E-state index in [9.17, 15) is 0 Å². The Morgan fingerprint density at radius 3 is 2.89 bits per heavy atom. The molecular formula is C5H9IN2O. The highest BCUT2D eigenvalue weighted by Gasteiger charge is 1.80. The van der Waals surface area contributed by atoms with E-state index in [1.165, 1.54) is 0 Å². The Hall–Kier alpha value is -0.260. The molecule has 1 heterocycles. The van der Waals surface area contributed by atoms with Crippen LogP contribution >= 0.6 is 24.0 Å². The van der Waals surface area contributed by atoms with Crippen LogP contribution in [0.25, 0.3) is 0 Å². The molecule has 0 unspecified atom stereocenters. The van der Waals surface area contributed by atoms with Crippen molar-refractivity contribution in [3.8, 4) is 0 Å². The van der Waals surface area contributed by atoms with Crippen molar-refractivity contribution in [2.75, 3.05) is 6.61 Å². The third kappa shape index (κ3) is 2.69. The number of hydrogen-bond acceptors (Lipinski definition) is 2. The lowest BCUT2D eigenvalue weighted by Gasteiger charge is -1.98. The minimum atomic E-state index is 0. The summed E-state index contributed by atoms with van der Waals surface area (Å²) in [5, 5.41) is 0. The minimum Gasteiger partial charge on any atom is -0.413 e. The van der Waals surface area contributed by atoms with Gasteiger partial charge in [-0.3, -0.25) is 0 Å². The van der Waals surface area contributed by atoms with Gasteiger partial charge in [-0.1, -0.05) is 0 Å². The first-order chi connectivity index (χ1) is 3.93. The first kappa shape index (κ1) is 8.74. The van der Waals surface area contributed by atoms with Gasteiger partial charge in [0.2, 0.25) is 0 Å². The quantitative estimate of drug-likeness (QED) is 0.719. The number of halogens is 1. The summed E-state index contributed by atoms with van der Waals surface area (Å²) in [6.45, 7) is 2.61. The molecule has 9 heavy (non-hydrogen) atoms. The van der Waals surface area contributed by atoms with Gasteiger partial charge in [-0.15, -0.1) is 24.0 Å². The van der Waals surface area contributed by atoms with Crippen molar-refractivity contribution in [3.05, 3.63) is 18.7 Å². The summed E-state index contributed by atoms with van der Waals surface area (Å²) in [6.07, 6.45) is 5.04. The molecule has 0 atom stereocenters. The Kier molecular flexibility index (Phi) is 4.47. The predicted molar refractivity (Wildman–Crippen MR) is 44.8 cm³/mol. The molecule has 0 bridgehead atoms. The van der Waals surface area contributed by atoms with Crippen LogP contribution < -0.4 is 4.84 Å². The van der Waals surface area contributed by atoms with E-state index in [1.54, 1.807) is 23.5 Å². The molecule has 0 aromatic carbocycles. The highest BCUT2D eigenvalue weighted by Crippen LogP contribution is 1.77. The lowest BCUT2D eigenvalue weighted by molar-refractivity contribution is 0.121. The Morgan fingerprint density at radius 2 is 2.44 bits per heavy atom. The topological polar surface area (TPSA) is 27.1 Å². The second-order valence-corrected chi connectivity index (χ2v) is 1.34. The molecule has 3 nitrogen and oxygen atoms in total. The van der Waals surface area contributed by atoms with Crippen LogP contribution in [0.2, 0.25) is 0 Å². The third-order valence-corrected chi connectivity index (χ3v) is 0.758. The monoisotopic (exact) mass is 240 g/mol. The van der Waals surface area contributed by atoms with Gasteiger partial charge in [-0.05, 0) is 6.92 Å². The molecule has 0 aliphatic carbocycles. The molecular weight excluding hydrogens is 231 g/mol. The smallest absolute Gasteiger partial charge is 0.131 e. The van der Waals surface area contributed by atoms with Gasteiger partial charge in [0.15, 0.2) is 0 Å². The molecule has 0 fully saturated rings. The fourth-order valence-corrected chi connectivity index (χ4v) is 0.472. The molecule has 52 valence electrons. The highest BCUT2D eigenvalue weighted by molar-refractivity contribution is 14.0. The van der Waals surface area contributed by atoms with Crippen LogP contribution in [0, 0.1) is 0 Å². The van der Waals surface area contributed by atoms with Crippen LogP contribution in [0.4, 0.5) is 0 Å². The zero-order valence-corrected chi connectivity index (χ0v) is 7.48. The van der Waals surface area contributed by atoms with E-state index in [2.05, 4.69) is 4.98 Å². The van der Waals surface area contributed by atoms with Crippen LogP contribution in [0.15, 0.2) is 18.7 Å². The van der Waals surface area contributed by atoms with Crippen LogP contribution in [-0.4, -0.2) is 16.3 Å². The molecule has 0 aliphatic rings. The maximum atomic E-state index is 5.00. The third-order valence-electron chi connectivity index (χ3n) is 0.758. The highest BCUT2D eigenvalue weighted by atomic mass is 127. The van der Waals surface area contributed by atoms with Crippen molar-refractivity contribution in [1.29, 1.82) is 0 Å². The van der Waals surface area contributed by atoms with E-state index in [0.29, 0.717) is 6.61 Å². The van der Waals surface area contributed by atoms with Gasteiger partial charge in [0.05, 0.1) is 6.20 Å². The van der Waals surface area contributed by atoms with Gasteiger partial charge in [-0.25, -0.2) is 4.98 Å². The van der Waals surface area contributed by atoms with Gasteiger partial charge in [0.1, 0.15) is 12.9 Å². The summed E-state index contributed by atoms with van der Waals surface area (Å²) in [7, 11) is 0. The Labute approximate surface area is 71.0 Å². The van der Waals surface area contributed by atoms with Crippen LogP contribution in [0.1, 0.15) is 6.92 Å². The largest absolute Gasteiger partial charge is 0.413 e. The number of rotatable bonds is 2. The zero-order chi connectivity index (χ0) is 5.82. The van der Waals surface area contributed by atoms with Crippen molar-refractivity contribution in [2.24, 2.45) is 0 Å². The van der Waals surface area contributed by atoms with Crippen LogP contribution in [-0.2, 0) is 0 Å². The lowest BCUT2D eigenvalue weighted by Crippen LogP contribution is -2.06. The lowest BCUT2D eigenvalue weighted by atomic mass is 10.9. The number of hydrogen-bond donors (Lipinski definition) is 0. The molecule has 0 saturated heterocycles. The number of aromatic nitrogens is 2. The SMILES string of the molecule is CCOn1ccnc1.I. The van der Waals surface area contributed by atoms with Crippen LogP contribution in [0.5, 0.6) is 0 Å². The van der Waals surface area contributed by atoms with E-state index in [0.717, 1.165) is 0 Å². The van der Waals surface area contributed by atoms with Gasteiger partial charge in [0, 0.05) is 6.20 Å². The molecule has 4 heteroatoms. The maximum Gasteiger partial charge on any atom is 0.131 e. The Balaban J connectivity index is 0.000000640. The normalized spacial score (nSPS) is 8.11. The van der Waals surface area contributed by atoms with E-state index in [4.69, 9.17) is 4.84 Å². The molecule has 0 radical (unpaired) electrons. The summed E-state index contributed by atoms with van der Waals surface area (Å²) in [4.78, 5) is 8.78. The average Bonchev–Trinajstić information content (AvgIpc) is 2.19. The van der Waals surface area contributed by atoms with Gasteiger partial charge < -0.3 is 4.84 Å². The number of nitrogens with zero attached hydrogens (tertiary/aromatic N) is 2. The van der Waals surface area contributed by atoms with E-state index in [-0.39, 0.29) is 24.0 Å².